The number of ether oxygens (including phenoxy) is 1. The van der Waals surface area contributed by atoms with Gasteiger partial charge in [-0.3, -0.25) is 0 Å². The van der Waals surface area contributed by atoms with Gasteiger partial charge in [0.05, 0.1) is 28.1 Å². The van der Waals surface area contributed by atoms with Gasteiger partial charge >= 0.3 is 0 Å². The third-order valence-corrected chi connectivity index (χ3v) is 5.51. The Morgan fingerprint density at radius 1 is 0.964 bits per heavy atom. The van der Waals surface area contributed by atoms with Crippen LogP contribution in [0.4, 0.5) is 0 Å². The maximum atomic E-state index is 5.71. The second-order valence-corrected chi connectivity index (χ2v) is 7.88. The molecule has 3 heterocycles. The molecule has 28 heavy (non-hydrogen) atoms. The summed E-state index contributed by atoms with van der Waals surface area (Å²) in [5.74, 6) is 0.866. The highest BCUT2D eigenvalue weighted by Crippen LogP contribution is 2.32. The average molecular weight is 386 g/mol. The molecule has 6 heteroatoms. The van der Waals surface area contributed by atoms with Crippen LogP contribution in [-0.4, -0.2) is 25.7 Å². The summed E-state index contributed by atoms with van der Waals surface area (Å²) in [6.45, 7) is 4.04. The Morgan fingerprint density at radius 3 is 2.57 bits per heavy atom. The van der Waals surface area contributed by atoms with Gasteiger partial charge in [0.2, 0.25) is 0 Å². The first-order chi connectivity index (χ1) is 13.7. The van der Waals surface area contributed by atoms with Gasteiger partial charge in [0.1, 0.15) is 10.8 Å². The molecule has 0 saturated heterocycles. The molecule has 0 amide bonds. The summed E-state index contributed by atoms with van der Waals surface area (Å²) in [5.41, 5.74) is 4.84. The van der Waals surface area contributed by atoms with Crippen LogP contribution in [0.3, 0.4) is 0 Å². The monoisotopic (exact) mass is 386 g/mol. The lowest BCUT2D eigenvalue weighted by atomic mass is 10.1. The van der Waals surface area contributed by atoms with Gasteiger partial charge in [0, 0.05) is 18.0 Å². The van der Waals surface area contributed by atoms with E-state index in [-0.39, 0.29) is 6.10 Å². The van der Waals surface area contributed by atoms with Crippen molar-refractivity contribution in [1.29, 1.82) is 0 Å². The number of hydrogen-bond donors (Lipinski definition) is 0. The van der Waals surface area contributed by atoms with Gasteiger partial charge in [0.25, 0.3) is 0 Å². The number of thiazole rings is 1. The normalized spacial score (nSPS) is 11.5. The largest absolute Gasteiger partial charge is 0.491 e. The molecule has 0 spiro atoms. The van der Waals surface area contributed by atoms with Crippen LogP contribution in [0.5, 0.6) is 5.75 Å². The molecule has 0 aliphatic heterocycles. The van der Waals surface area contributed by atoms with Crippen molar-refractivity contribution in [2.75, 3.05) is 0 Å². The van der Waals surface area contributed by atoms with Crippen molar-refractivity contribution in [2.45, 2.75) is 20.0 Å². The van der Waals surface area contributed by atoms with Crippen LogP contribution in [0.2, 0.25) is 0 Å². The van der Waals surface area contributed by atoms with Gasteiger partial charge in [-0.1, -0.05) is 24.3 Å². The lowest BCUT2D eigenvalue weighted by Crippen LogP contribution is -2.05. The Kier molecular flexibility index (Phi) is 4.06. The van der Waals surface area contributed by atoms with Gasteiger partial charge in [-0.15, -0.1) is 11.3 Å². The molecule has 0 radical (unpaired) electrons. The van der Waals surface area contributed by atoms with Crippen LogP contribution in [-0.2, 0) is 0 Å². The summed E-state index contributed by atoms with van der Waals surface area (Å²) in [7, 11) is 0. The van der Waals surface area contributed by atoms with Crippen LogP contribution in [0.25, 0.3) is 37.6 Å². The average Bonchev–Trinajstić information content (AvgIpc) is 3.31. The molecular formula is C22H18N4OS. The molecule has 0 aliphatic carbocycles. The first-order valence-electron chi connectivity index (χ1n) is 9.14. The standard InChI is InChI=1S/C22H18N4OS/c1-14(2)27-17-9-7-15(8-10-17)16-11-23-21-18(12-24-26(21)13-16)22-25-19-5-3-4-6-20(19)28-22/h3-14H,1-2H3. The molecule has 5 rings (SSSR count). The van der Waals surface area contributed by atoms with Crippen molar-refractivity contribution in [3.63, 3.8) is 0 Å². The molecule has 0 bridgehead atoms. The predicted octanol–water partition coefficient (Wildman–Crippen LogP) is 5.46. The number of hydrogen-bond acceptors (Lipinski definition) is 5. The number of nitrogens with zero attached hydrogens (tertiary/aromatic N) is 4. The zero-order chi connectivity index (χ0) is 19.1. The van der Waals surface area contributed by atoms with Crippen molar-refractivity contribution in [3.8, 4) is 27.4 Å². The summed E-state index contributed by atoms with van der Waals surface area (Å²) in [5, 5.41) is 5.44. The van der Waals surface area contributed by atoms with E-state index in [4.69, 9.17) is 9.72 Å². The van der Waals surface area contributed by atoms with Gasteiger partial charge in [0.15, 0.2) is 5.65 Å². The lowest BCUT2D eigenvalue weighted by molar-refractivity contribution is 0.242. The van der Waals surface area contributed by atoms with E-state index in [1.807, 2.05) is 79.4 Å². The van der Waals surface area contributed by atoms with E-state index in [0.717, 1.165) is 43.3 Å². The van der Waals surface area contributed by atoms with Crippen LogP contribution < -0.4 is 4.74 Å². The molecule has 0 N–H and O–H groups in total. The summed E-state index contributed by atoms with van der Waals surface area (Å²) < 4.78 is 8.69. The fraction of sp³-hybridized carbons (Fsp3) is 0.136. The fourth-order valence-corrected chi connectivity index (χ4v) is 4.13. The highest BCUT2D eigenvalue weighted by molar-refractivity contribution is 7.21. The van der Waals surface area contributed by atoms with E-state index in [2.05, 4.69) is 16.1 Å². The molecular weight excluding hydrogens is 368 g/mol. The van der Waals surface area contributed by atoms with E-state index >= 15 is 0 Å². The number of aromatic nitrogens is 4. The van der Waals surface area contributed by atoms with Crippen molar-refractivity contribution in [2.24, 2.45) is 0 Å². The molecule has 0 atom stereocenters. The summed E-state index contributed by atoms with van der Waals surface area (Å²) >= 11 is 1.66. The second kappa shape index (κ2) is 6.73. The molecule has 3 aromatic heterocycles. The predicted molar refractivity (Wildman–Crippen MR) is 113 cm³/mol. The maximum Gasteiger partial charge on any atom is 0.165 e. The molecule has 0 saturated carbocycles. The van der Waals surface area contributed by atoms with E-state index in [0.29, 0.717) is 0 Å². The van der Waals surface area contributed by atoms with Crippen LogP contribution in [0.1, 0.15) is 13.8 Å². The molecule has 0 fully saturated rings. The lowest BCUT2D eigenvalue weighted by Gasteiger charge is -2.10. The quantitative estimate of drug-likeness (QED) is 0.411. The summed E-state index contributed by atoms with van der Waals surface area (Å²) in [6, 6.07) is 16.2. The fourth-order valence-electron chi connectivity index (χ4n) is 3.16. The minimum Gasteiger partial charge on any atom is -0.491 e. The third kappa shape index (κ3) is 3.01. The molecule has 0 aliphatic rings. The Labute approximate surface area is 166 Å². The Balaban J connectivity index is 1.51. The zero-order valence-electron chi connectivity index (χ0n) is 15.5. The molecule has 138 valence electrons. The highest BCUT2D eigenvalue weighted by Gasteiger charge is 2.13. The van der Waals surface area contributed by atoms with Crippen molar-refractivity contribution < 1.29 is 4.74 Å². The van der Waals surface area contributed by atoms with Gasteiger partial charge in [-0.05, 0) is 43.7 Å². The molecule has 0 unspecified atom stereocenters. The molecule has 5 nitrogen and oxygen atoms in total. The van der Waals surface area contributed by atoms with Crippen LogP contribution in [0.15, 0.2) is 67.1 Å². The van der Waals surface area contributed by atoms with Crippen LogP contribution in [0, 0.1) is 0 Å². The van der Waals surface area contributed by atoms with E-state index in [1.165, 1.54) is 0 Å². The Morgan fingerprint density at radius 2 is 1.79 bits per heavy atom. The van der Waals surface area contributed by atoms with Crippen molar-refractivity contribution in [1.82, 2.24) is 19.6 Å². The number of rotatable bonds is 4. The third-order valence-electron chi connectivity index (χ3n) is 4.44. The second-order valence-electron chi connectivity index (χ2n) is 6.85. The zero-order valence-corrected chi connectivity index (χ0v) is 16.4. The molecule has 2 aromatic carbocycles. The topological polar surface area (TPSA) is 52.3 Å². The number of para-hydroxylation sites is 1. The minimum absolute atomic E-state index is 0.161. The number of fused-ring (bicyclic) bond motifs is 2. The maximum absolute atomic E-state index is 5.71. The molecule has 5 aromatic rings. The SMILES string of the molecule is CC(C)Oc1ccc(-c2cnc3c(-c4nc5ccccc5s4)cnn3c2)cc1. The van der Waals surface area contributed by atoms with E-state index in [9.17, 15) is 0 Å². The first-order valence-corrected chi connectivity index (χ1v) is 9.95. The Hall–Kier alpha value is -3.25. The van der Waals surface area contributed by atoms with Crippen LogP contribution >= 0.6 is 11.3 Å². The number of benzene rings is 2. The van der Waals surface area contributed by atoms with Crippen molar-refractivity contribution in [3.05, 3.63) is 67.1 Å². The van der Waals surface area contributed by atoms with Gasteiger partial charge in [-0.25, -0.2) is 14.5 Å². The smallest absolute Gasteiger partial charge is 0.165 e. The minimum atomic E-state index is 0.161. The summed E-state index contributed by atoms with van der Waals surface area (Å²) in [4.78, 5) is 9.40. The van der Waals surface area contributed by atoms with E-state index in [1.54, 1.807) is 11.3 Å². The van der Waals surface area contributed by atoms with Gasteiger partial charge in [-0.2, -0.15) is 5.10 Å². The van der Waals surface area contributed by atoms with E-state index < -0.39 is 0 Å². The van der Waals surface area contributed by atoms with Crippen molar-refractivity contribution >= 4 is 27.2 Å². The first kappa shape index (κ1) is 16.9. The highest BCUT2D eigenvalue weighted by atomic mass is 32.1. The summed E-state index contributed by atoms with van der Waals surface area (Å²) in [6.07, 6.45) is 5.88. The Bertz CT molecular complexity index is 1240. The van der Waals surface area contributed by atoms with Gasteiger partial charge < -0.3 is 4.74 Å².